The van der Waals surface area contributed by atoms with Crippen molar-refractivity contribution in [1.82, 2.24) is 0 Å². The molecule has 4 rings (SSSR count). The first-order valence-electron chi connectivity index (χ1n) is 12.2. The fourth-order valence-corrected chi connectivity index (χ4v) is 4.84. The molecular formula is C33H36O. The Labute approximate surface area is 205 Å². The third-order valence-electron chi connectivity index (χ3n) is 6.54. The highest BCUT2D eigenvalue weighted by atomic mass is 16.5. The van der Waals surface area contributed by atoms with Crippen LogP contribution in [0.25, 0.3) is 22.3 Å². The predicted octanol–water partition coefficient (Wildman–Crippen LogP) is 9.79. The van der Waals surface area contributed by atoms with Crippen LogP contribution in [-0.4, -0.2) is 0 Å². The molecule has 0 heterocycles. The van der Waals surface area contributed by atoms with E-state index in [9.17, 15) is 0 Å². The standard InChI is InChI=1S/C33H36O/c1-20(2)27-18-31(29-11-9-21(3)14-25(29)7)33(34-28-16-23(5)13-24(6)17-28)32(19-27)30-12-10-22(4)15-26(30)8/h9-20H,1-8H3. The van der Waals surface area contributed by atoms with E-state index in [-0.39, 0.29) is 0 Å². The maximum Gasteiger partial charge on any atom is 0.143 e. The molecule has 0 bridgehead atoms. The van der Waals surface area contributed by atoms with Crippen LogP contribution in [0.5, 0.6) is 11.5 Å². The molecule has 0 unspecified atom stereocenters. The van der Waals surface area contributed by atoms with Crippen LogP contribution in [0.1, 0.15) is 58.7 Å². The lowest BCUT2D eigenvalue weighted by Gasteiger charge is -2.22. The smallest absolute Gasteiger partial charge is 0.143 e. The Morgan fingerprint density at radius 3 is 1.38 bits per heavy atom. The van der Waals surface area contributed by atoms with Gasteiger partial charge in [0.15, 0.2) is 0 Å². The second-order valence-corrected chi connectivity index (χ2v) is 10.2. The number of aryl methyl sites for hydroxylation is 6. The molecule has 174 valence electrons. The maximum absolute atomic E-state index is 6.82. The van der Waals surface area contributed by atoms with Gasteiger partial charge < -0.3 is 4.74 Å². The Morgan fingerprint density at radius 1 is 0.500 bits per heavy atom. The molecule has 0 amide bonds. The van der Waals surface area contributed by atoms with Crippen LogP contribution in [0.15, 0.2) is 66.7 Å². The molecule has 1 nitrogen and oxygen atoms in total. The van der Waals surface area contributed by atoms with Crippen molar-refractivity contribution in [2.24, 2.45) is 0 Å². The summed E-state index contributed by atoms with van der Waals surface area (Å²) in [5.41, 5.74) is 13.5. The zero-order valence-corrected chi connectivity index (χ0v) is 21.8. The van der Waals surface area contributed by atoms with Gasteiger partial charge in [0.2, 0.25) is 0 Å². The number of ether oxygens (including phenoxy) is 1. The molecule has 1 heteroatoms. The molecule has 0 aliphatic rings. The van der Waals surface area contributed by atoms with Crippen LogP contribution >= 0.6 is 0 Å². The van der Waals surface area contributed by atoms with E-state index in [4.69, 9.17) is 4.74 Å². The van der Waals surface area contributed by atoms with Crippen LogP contribution in [0.2, 0.25) is 0 Å². The van der Waals surface area contributed by atoms with Crippen LogP contribution in [-0.2, 0) is 0 Å². The number of rotatable bonds is 5. The van der Waals surface area contributed by atoms with E-state index in [0.29, 0.717) is 5.92 Å². The molecule has 0 aliphatic carbocycles. The second-order valence-electron chi connectivity index (χ2n) is 10.2. The lowest BCUT2D eigenvalue weighted by molar-refractivity contribution is 0.485. The van der Waals surface area contributed by atoms with Gasteiger partial charge in [0.05, 0.1) is 0 Å². The molecule has 0 aromatic heterocycles. The summed E-state index contributed by atoms with van der Waals surface area (Å²) in [6.07, 6.45) is 0. The van der Waals surface area contributed by atoms with Crippen molar-refractivity contribution in [2.75, 3.05) is 0 Å². The molecule has 0 saturated heterocycles. The first-order valence-corrected chi connectivity index (χ1v) is 12.2. The zero-order valence-electron chi connectivity index (χ0n) is 21.8. The van der Waals surface area contributed by atoms with Crippen LogP contribution in [0.4, 0.5) is 0 Å². The summed E-state index contributed by atoms with van der Waals surface area (Å²) in [7, 11) is 0. The van der Waals surface area contributed by atoms with Gasteiger partial charge in [0.25, 0.3) is 0 Å². The van der Waals surface area contributed by atoms with Gasteiger partial charge in [-0.2, -0.15) is 0 Å². The molecule has 0 aliphatic heterocycles. The van der Waals surface area contributed by atoms with Gasteiger partial charge in [-0.25, -0.2) is 0 Å². The largest absolute Gasteiger partial charge is 0.456 e. The van der Waals surface area contributed by atoms with Gasteiger partial charge >= 0.3 is 0 Å². The molecule has 34 heavy (non-hydrogen) atoms. The van der Waals surface area contributed by atoms with Crippen molar-refractivity contribution in [3.63, 3.8) is 0 Å². The van der Waals surface area contributed by atoms with Gasteiger partial charge in [-0.05, 0) is 111 Å². The Hall–Kier alpha value is -3.32. The Morgan fingerprint density at radius 2 is 0.971 bits per heavy atom. The van der Waals surface area contributed by atoms with Crippen molar-refractivity contribution in [3.8, 4) is 33.8 Å². The summed E-state index contributed by atoms with van der Waals surface area (Å²) < 4.78 is 6.82. The molecule has 0 saturated carbocycles. The minimum Gasteiger partial charge on any atom is -0.456 e. The molecule has 4 aromatic carbocycles. The van der Waals surface area contributed by atoms with Crippen LogP contribution in [0.3, 0.4) is 0 Å². The zero-order chi connectivity index (χ0) is 24.6. The lowest BCUT2D eigenvalue weighted by atomic mass is 9.87. The molecular weight excluding hydrogens is 412 g/mol. The quantitative estimate of drug-likeness (QED) is 0.295. The monoisotopic (exact) mass is 448 g/mol. The van der Waals surface area contributed by atoms with E-state index in [1.54, 1.807) is 0 Å². The first-order chi connectivity index (χ1) is 16.1. The van der Waals surface area contributed by atoms with Crippen molar-refractivity contribution in [1.29, 1.82) is 0 Å². The fraction of sp³-hybridized carbons (Fsp3) is 0.273. The van der Waals surface area contributed by atoms with E-state index < -0.39 is 0 Å². The number of hydrogen-bond acceptors (Lipinski definition) is 1. The van der Waals surface area contributed by atoms with E-state index in [1.165, 1.54) is 50.1 Å². The highest BCUT2D eigenvalue weighted by molar-refractivity contribution is 5.86. The Balaban J connectivity index is 2.06. The van der Waals surface area contributed by atoms with Gasteiger partial charge in [-0.3, -0.25) is 0 Å². The average Bonchev–Trinajstić information content (AvgIpc) is 2.73. The van der Waals surface area contributed by atoms with Crippen molar-refractivity contribution < 1.29 is 4.74 Å². The van der Waals surface area contributed by atoms with Gasteiger partial charge in [-0.15, -0.1) is 0 Å². The van der Waals surface area contributed by atoms with Gasteiger partial charge in [0.1, 0.15) is 11.5 Å². The third kappa shape index (κ3) is 4.94. The second kappa shape index (κ2) is 9.50. The lowest BCUT2D eigenvalue weighted by Crippen LogP contribution is -1.99. The minimum absolute atomic E-state index is 0.407. The number of hydrogen-bond donors (Lipinski definition) is 0. The van der Waals surface area contributed by atoms with Gasteiger partial charge in [-0.1, -0.05) is 67.4 Å². The average molecular weight is 449 g/mol. The molecule has 4 aromatic rings. The molecule has 0 N–H and O–H groups in total. The summed E-state index contributed by atoms with van der Waals surface area (Å²) in [5, 5.41) is 0. The van der Waals surface area contributed by atoms with Crippen molar-refractivity contribution >= 4 is 0 Å². The van der Waals surface area contributed by atoms with Crippen molar-refractivity contribution in [3.05, 3.63) is 106 Å². The summed E-state index contributed by atoms with van der Waals surface area (Å²) >= 11 is 0. The van der Waals surface area contributed by atoms with E-state index >= 15 is 0 Å². The van der Waals surface area contributed by atoms with Gasteiger partial charge in [0, 0.05) is 11.1 Å². The fourth-order valence-electron chi connectivity index (χ4n) is 4.84. The number of benzene rings is 4. The predicted molar refractivity (Wildman–Crippen MR) is 146 cm³/mol. The summed E-state index contributed by atoms with van der Waals surface area (Å²) in [5.74, 6) is 2.21. The highest BCUT2D eigenvalue weighted by Crippen LogP contribution is 2.45. The molecule has 0 spiro atoms. The molecule has 0 atom stereocenters. The third-order valence-corrected chi connectivity index (χ3v) is 6.54. The molecule has 0 radical (unpaired) electrons. The summed E-state index contributed by atoms with van der Waals surface area (Å²) in [6, 6.07) is 24.5. The van der Waals surface area contributed by atoms with Crippen LogP contribution < -0.4 is 4.74 Å². The van der Waals surface area contributed by atoms with Crippen LogP contribution in [0, 0.1) is 41.5 Å². The topological polar surface area (TPSA) is 9.23 Å². The summed E-state index contributed by atoms with van der Waals surface area (Å²) in [4.78, 5) is 0. The Kier molecular flexibility index (Phi) is 6.66. The highest BCUT2D eigenvalue weighted by Gasteiger charge is 2.20. The SMILES string of the molecule is Cc1cc(C)cc(Oc2c(-c3ccc(C)cc3C)cc(C(C)C)cc2-c2ccc(C)cc2C)c1. The summed E-state index contributed by atoms with van der Waals surface area (Å²) in [6.45, 7) is 17.5. The molecule has 0 fully saturated rings. The van der Waals surface area contributed by atoms with E-state index in [2.05, 4.69) is 122 Å². The van der Waals surface area contributed by atoms with E-state index in [1.807, 2.05) is 0 Å². The first kappa shape index (κ1) is 23.8. The Bertz CT molecular complexity index is 1260. The minimum atomic E-state index is 0.407. The van der Waals surface area contributed by atoms with E-state index in [0.717, 1.165) is 22.6 Å². The van der Waals surface area contributed by atoms with Crippen molar-refractivity contribution in [2.45, 2.75) is 61.3 Å². The normalized spacial score (nSPS) is 11.2. The maximum atomic E-state index is 6.82.